The molecule has 2 rings (SSSR count). The van der Waals surface area contributed by atoms with Gasteiger partial charge in [0.05, 0.1) is 0 Å². The van der Waals surface area contributed by atoms with Gasteiger partial charge in [0.25, 0.3) is 0 Å². The van der Waals surface area contributed by atoms with Crippen molar-refractivity contribution < 1.29 is 0 Å². The lowest BCUT2D eigenvalue weighted by atomic mass is 9.63. The van der Waals surface area contributed by atoms with Crippen LogP contribution in [0.25, 0.3) is 0 Å². The molecule has 2 aliphatic rings. The predicted octanol–water partition coefficient (Wildman–Crippen LogP) is 5.24. The van der Waals surface area contributed by atoms with Gasteiger partial charge in [-0.25, -0.2) is 0 Å². The SMILES string of the molecule is CC(C)C1(C)CN(C)CC1(C)C.CC(C)C1(C)CN(C)CC1(C)C. The topological polar surface area (TPSA) is 6.48 Å². The molecule has 0 aromatic carbocycles. The highest BCUT2D eigenvalue weighted by Crippen LogP contribution is 2.50. The smallest absolute Gasteiger partial charge is 0.00406 e. The zero-order valence-electron chi connectivity index (χ0n) is 18.9. The van der Waals surface area contributed by atoms with Crippen molar-refractivity contribution in [3.05, 3.63) is 0 Å². The monoisotopic (exact) mass is 338 g/mol. The van der Waals surface area contributed by atoms with Crippen LogP contribution < -0.4 is 0 Å². The van der Waals surface area contributed by atoms with E-state index in [0.717, 1.165) is 11.8 Å². The fourth-order valence-electron chi connectivity index (χ4n) is 5.30. The highest BCUT2D eigenvalue weighted by Gasteiger charge is 2.50. The van der Waals surface area contributed by atoms with Crippen LogP contribution in [0, 0.1) is 33.5 Å². The quantitative estimate of drug-likeness (QED) is 0.679. The molecular weight excluding hydrogens is 292 g/mol. The Morgan fingerprint density at radius 1 is 0.542 bits per heavy atom. The molecule has 2 fully saturated rings. The summed E-state index contributed by atoms with van der Waals surface area (Å²) in [6.45, 7) is 28.8. The van der Waals surface area contributed by atoms with Crippen molar-refractivity contribution in [2.24, 2.45) is 33.5 Å². The first-order valence-corrected chi connectivity index (χ1v) is 9.96. The van der Waals surface area contributed by atoms with Crippen LogP contribution in [0.2, 0.25) is 0 Å². The summed E-state index contributed by atoms with van der Waals surface area (Å²) in [4.78, 5) is 4.92. The average molecular weight is 339 g/mol. The highest BCUT2D eigenvalue weighted by atomic mass is 15.2. The Balaban J connectivity index is 0.000000240. The summed E-state index contributed by atoms with van der Waals surface area (Å²) >= 11 is 0. The Hall–Kier alpha value is -0.0800. The summed E-state index contributed by atoms with van der Waals surface area (Å²) in [6.07, 6.45) is 0. The van der Waals surface area contributed by atoms with Crippen molar-refractivity contribution in [2.75, 3.05) is 40.3 Å². The molecule has 0 N–H and O–H groups in total. The average Bonchev–Trinajstić information content (AvgIpc) is 2.70. The summed E-state index contributed by atoms with van der Waals surface area (Å²) in [5.74, 6) is 1.55. The van der Waals surface area contributed by atoms with Gasteiger partial charge in [-0.05, 0) is 47.6 Å². The molecule has 2 aliphatic heterocycles. The van der Waals surface area contributed by atoms with Gasteiger partial charge in [-0.2, -0.15) is 0 Å². The van der Waals surface area contributed by atoms with Crippen molar-refractivity contribution in [1.29, 1.82) is 0 Å². The summed E-state index contributed by atoms with van der Waals surface area (Å²) in [6, 6.07) is 0. The van der Waals surface area contributed by atoms with E-state index < -0.39 is 0 Å². The summed E-state index contributed by atoms with van der Waals surface area (Å²) in [5, 5.41) is 0. The molecule has 2 unspecified atom stereocenters. The molecule has 2 nitrogen and oxygen atoms in total. The maximum Gasteiger partial charge on any atom is 0.00406 e. The fourth-order valence-corrected chi connectivity index (χ4v) is 5.30. The van der Waals surface area contributed by atoms with Crippen molar-refractivity contribution in [1.82, 2.24) is 9.80 Å². The van der Waals surface area contributed by atoms with E-state index in [4.69, 9.17) is 0 Å². The van der Waals surface area contributed by atoms with E-state index in [1.165, 1.54) is 26.2 Å². The molecule has 0 bridgehead atoms. The number of hydrogen-bond donors (Lipinski definition) is 0. The summed E-state index contributed by atoms with van der Waals surface area (Å²) < 4.78 is 0. The number of rotatable bonds is 2. The van der Waals surface area contributed by atoms with Gasteiger partial charge in [-0.1, -0.05) is 69.2 Å². The molecule has 24 heavy (non-hydrogen) atoms. The molecule has 0 spiro atoms. The Morgan fingerprint density at radius 3 is 0.875 bits per heavy atom. The standard InChI is InChI=1S/2C11H23N/c2*1-9(2)11(5)8-12(6)7-10(11,3)4/h2*9H,7-8H2,1-6H3. The molecule has 2 heteroatoms. The van der Waals surface area contributed by atoms with E-state index in [2.05, 4.69) is 93.1 Å². The lowest BCUT2D eigenvalue weighted by molar-refractivity contribution is 0.0948. The first-order valence-electron chi connectivity index (χ1n) is 9.96. The molecule has 0 aromatic rings. The maximum atomic E-state index is 2.46. The molecule has 0 radical (unpaired) electrons. The molecule has 0 amide bonds. The van der Waals surface area contributed by atoms with Gasteiger partial charge in [0.1, 0.15) is 0 Å². The lowest BCUT2D eigenvalue weighted by Crippen LogP contribution is -2.38. The Morgan fingerprint density at radius 2 is 0.792 bits per heavy atom. The molecular formula is C22H46N2. The first-order chi connectivity index (χ1) is 10.6. The molecule has 0 saturated carbocycles. The normalized spacial score (nSPS) is 36.2. The van der Waals surface area contributed by atoms with E-state index >= 15 is 0 Å². The van der Waals surface area contributed by atoms with Crippen LogP contribution in [0.4, 0.5) is 0 Å². The molecule has 0 aliphatic carbocycles. The number of likely N-dealkylation sites (tertiary alicyclic amines) is 2. The minimum absolute atomic E-state index is 0.468. The van der Waals surface area contributed by atoms with Crippen molar-refractivity contribution in [3.63, 3.8) is 0 Å². The predicted molar refractivity (Wildman–Crippen MR) is 108 cm³/mol. The molecule has 2 heterocycles. The minimum atomic E-state index is 0.468. The maximum absolute atomic E-state index is 2.46. The Bertz CT molecular complexity index is 384. The number of hydrogen-bond acceptors (Lipinski definition) is 2. The van der Waals surface area contributed by atoms with Crippen LogP contribution in [-0.2, 0) is 0 Å². The molecule has 2 atom stereocenters. The van der Waals surface area contributed by atoms with Crippen molar-refractivity contribution in [2.45, 2.75) is 69.2 Å². The van der Waals surface area contributed by atoms with Gasteiger partial charge < -0.3 is 9.80 Å². The van der Waals surface area contributed by atoms with Crippen molar-refractivity contribution in [3.8, 4) is 0 Å². The van der Waals surface area contributed by atoms with Gasteiger partial charge in [0.2, 0.25) is 0 Å². The van der Waals surface area contributed by atoms with Gasteiger partial charge in [-0.15, -0.1) is 0 Å². The van der Waals surface area contributed by atoms with Gasteiger partial charge in [0, 0.05) is 26.2 Å². The second-order valence-electron chi connectivity index (χ2n) is 11.3. The van der Waals surface area contributed by atoms with Crippen molar-refractivity contribution >= 4 is 0 Å². The fraction of sp³-hybridized carbons (Fsp3) is 1.00. The van der Waals surface area contributed by atoms with Crippen LogP contribution >= 0.6 is 0 Å². The number of nitrogens with zero attached hydrogens (tertiary/aromatic N) is 2. The zero-order valence-corrected chi connectivity index (χ0v) is 18.9. The van der Waals surface area contributed by atoms with Crippen LogP contribution in [0.15, 0.2) is 0 Å². The third-order valence-corrected chi connectivity index (χ3v) is 8.17. The summed E-state index contributed by atoms with van der Waals surface area (Å²) in [7, 11) is 4.46. The lowest BCUT2D eigenvalue weighted by Gasteiger charge is -2.40. The summed E-state index contributed by atoms with van der Waals surface area (Å²) in [5.41, 5.74) is 1.91. The van der Waals surface area contributed by atoms with Gasteiger partial charge in [0.15, 0.2) is 0 Å². The highest BCUT2D eigenvalue weighted by molar-refractivity contribution is 5.01. The second-order valence-corrected chi connectivity index (χ2v) is 11.3. The Labute approximate surface area is 153 Å². The van der Waals surface area contributed by atoms with E-state index in [1.807, 2.05) is 0 Å². The zero-order chi connectivity index (χ0) is 19.1. The van der Waals surface area contributed by atoms with E-state index in [9.17, 15) is 0 Å². The Kier molecular flexibility index (Phi) is 6.32. The first kappa shape index (κ1) is 22.0. The third kappa shape index (κ3) is 3.85. The largest absolute Gasteiger partial charge is 0.305 e. The van der Waals surface area contributed by atoms with E-state index in [0.29, 0.717) is 21.7 Å². The van der Waals surface area contributed by atoms with Gasteiger partial charge >= 0.3 is 0 Å². The molecule has 0 aromatic heterocycles. The van der Waals surface area contributed by atoms with Crippen LogP contribution in [0.3, 0.4) is 0 Å². The van der Waals surface area contributed by atoms with Crippen LogP contribution in [0.5, 0.6) is 0 Å². The molecule has 2 saturated heterocycles. The third-order valence-electron chi connectivity index (χ3n) is 8.17. The van der Waals surface area contributed by atoms with Crippen LogP contribution in [0.1, 0.15) is 69.2 Å². The van der Waals surface area contributed by atoms with Crippen LogP contribution in [-0.4, -0.2) is 50.1 Å². The molecule has 144 valence electrons. The van der Waals surface area contributed by atoms with E-state index in [1.54, 1.807) is 0 Å². The second kappa shape index (κ2) is 6.91. The van der Waals surface area contributed by atoms with Gasteiger partial charge in [-0.3, -0.25) is 0 Å². The minimum Gasteiger partial charge on any atom is -0.305 e. The van der Waals surface area contributed by atoms with E-state index in [-0.39, 0.29) is 0 Å².